The van der Waals surface area contributed by atoms with E-state index in [1.165, 1.54) is 25.0 Å². The highest BCUT2D eigenvalue weighted by Crippen LogP contribution is 2.29. The van der Waals surface area contributed by atoms with Crippen LogP contribution in [0.25, 0.3) is 0 Å². The van der Waals surface area contributed by atoms with Crippen LogP contribution in [0.4, 0.5) is 0 Å². The second-order valence-corrected chi connectivity index (χ2v) is 9.15. The van der Waals surface area contributed by atoms with Gasteiger partial charge in [0.25, 0.3) is 0 Å². The molecular weight excluding hydrogens is 430 g/mol. The van der Waals surface area contributed by atoms with Crippen molar-refractivity contribution in [1.82, 2.24) is 15.5 Å². The Morgan fingerprint density at radius 1 is 1.41 bits per heavy atom. The van der Waals surface area contributed by atoms with E-state index < -0.39 is 0 Å². The molecule has 0 aromatic rings. The van der Waals surface area contributed by atoms with E-state index in [1.54, 1.807) is 7.11 Å². The Labute approximate surface area is 184 Å². The molecule has 0 saturated heterocycles. The first-order valence-electron chi connectivity index (χ1n) is 10.8. The molecule has 3 unspecified atom stereocenters. The first-order valence-corrected chi connectivity index (χ1v) is 11.6. The predicted octanol–water partition coefficient (Wildman–Crippen LogP) is 4.03. The van der Waals surface area contributed by atoms with E-state index in [1.807, 2.05) is 18.6 Å². The lowest BCUT2D eigenvalue weighted by atomic mass is 9.84. The monoisotopic (exact) mass is 467 g/mol. The van der Waals surface area contributed by atoms with Gasteiger partial charge in [-0.25, -0.2) is 4.99 Å². The fourth-order valence-corrected chi connectivity index (χ4v) is 4.06. The number of nitrogens with zero attached hydrogens (tertiary/aromatic N) is 2. The molecule has 0 radical (unpaired) electrons. The highest BCUT2D eigenvalue weighted by Gasteiger charge is 2.26. The quantitative estimate of drug-likeness (QED) is 0.422. The van der Waals surface area contributed by atoms with Crippen molar-refractivity contribution in [1.29, 1.82) is 0 Å². The van der Waals surface area contributed by atoms with Gasteiger partial charge in [-0.2, -0.15) is 0 Å². The lowest BCUT2D eigenvalue weighted by Crippen LogP contribution is -2.38. The number of amidine groups is 1. The largest absolute Gasteiger partial charge is 0.373 e. The molecule has 1 aliphatic carbocycles. The Balaban J connectivity index is 2.04. The number of nitrogens with two attached hydrogens (primary N) is 1. The Kier molecular flexibility index (Phi) is 10.2. The van der Waals surface area contributed by atoms with Gasteiger partial charge in [-0.05, 0) is 26.2 Å². The number of hydrogen-bond acceptors (Lipinski definition) is 6. The zero-order chi connectivity index (χ0) is 21.2. The third-order valence-electron chi connectivity index (χ3n) is 5.38. The highest BCUT2D eigenvalue weighted by atomic mass is 79.9. The van der Waals surface area contributed by atoms with Crippen molar-refractivity contribution in [2.45, 2.75) is 65.1 Å². The molecule has 164 valence electrons. The fourth-order valence-electron chi connectivity index (χ4n) is 3.67. The van der Waals surface area contributed by atoms with Crippen LogP contribution in [-0.2, 0) is 4.74 Å². The number of halogens is 1. The van der Waals surface area contributed by atoms with Gasteiger partial charge in [0.1, 0.15) is 12.1 Å². The summed E-state index contributed by atoms with van der Waals surface area (Å²) in [6.45, 7) is 8.29. The number of methoxy groups -OCH3 is 1. The molecule has 4 N–H and O–H groups in total. The minimum atomic E-state index is 0.0832. The molecule has 1 fully saturated rings. The average Bonchev–Trinajstić information content (AvgIpc) is 2.62. The van der Waals surface area contributed by atoms with Crippen LogP contribution in [0.2, 0.25) is 0 Å². The summed E-state index contributed by atoms with van der Waals surface area (Å²) >= 11 is 3.67. The minimum Gasteiger partial charge on any atom is -0.373 e. The molecule has 0 aromatic carbocycles. The van der Waals surface area contributed by atoms with E-state index in [0.29, 0.717) is 5.92 Å². The SMILES string of the molecule is CCCN(CC(C)N)C1=CC(C)C(N/C=C/NC(OC)C2CCC2)=N/C=C(/Br)C1. The van der Waals surface area contributed by atoms with Crippen LogP contribution in [0.3, 0.4) is 0 Å². The summed E-state index contributed by atoms with van der Waals surface area (Å²) in [5.74, 6) is 1.69. The van der Waals surface area contributed by atoms with E-state index in [-0.39, 0.29) is 18.2 Å². The van der Waals surface area contributed by atoms with Gasteiger partial charge < -0.3 is 26.0 Å². The Bertz CT molecular complexity index is 625. The maximum Gasteiger partial charge on any atom is 0.129 e. The minimum absolute atomic E-state index is 0.0832. The Morgan fingerprint density at radius 2 is 2.17 bits per heavy atom. The smallest absolute Gasteiger partial charge is 0.129 e. The molecule has 0 amide bonds. The van der Waals surface area contributed by atoms with Gasteiger partial charge in [0.15, 0.2) is 0 Å². The number of allylic oxidation sites excluding steroid dienone is 1. The van der Waals surface area contributed by atoms with Crippen LogP contribution in [0.1, 0.15) is 52.9 Å². The molecule has 1 aliphatic heterocycles. The zero-order valence-electron chi connectivity index (χ0n) is 18.3. The summed E-state index contributed by atoms with van der Waals surface area (Å²) in [6.07, 6.45) is 13.8. The van der Waals surface area contributed by atoms with Crippen molar-refractivity contribution in [3.8, 4) is 0 Å². The van der Waals surface area contributed by atoms with Gasteiger partial charge in [0.2, 0.25) is 0 Å². The van der Waals surface area contributed by atoms with Gasteiger partial charge in [-0.15, -0.1) is 0 Å². The van der Waals surface area contributed by atoms with Crippen LogP contribution in [-0.4, -0.2) is 43.2 Å². The standard InChI is InChI=1S/C22H38BrN5O/c1-5-11-28(15-17(3)24)20-12-16(2)21(27-14-19(23)13-20)25-9-10-26-22(29-4)18-7-6-8-18/h9-10,12,14,16-18,22,26H,5-8,11,13,15,24H2,1-4H3,(H,25,27)/b10-9+,19-14+,20-12?. The Hall–Kier alpha value is -1.31. The number of nitrogens with one attached hydrogen (secondary N) is 2. The molecule has 3 atom stereocenters. The number of ether oxygens (including phenoxy) is 1. The number of hydrogen-bond donors (Lipinski definition) is 3. The molecule has 1 heterocycles. The van der Waals surface area contributed by atoms with Gasteiger partial charge in [-0.3, -0.25) is 0 Å². The van der Waals surface area contributed by atoms with Crippen LogP contribution in [0.15, 0.2) is 39.8 Å². The Morgan fingerprint density at radius 3 is 2.76 bits per heavy atom. The molecule has 6 nitrogen and oxygen atoms in total. The molecule has 7 heteroatoms. The van der Waals surface area contributed by atoms with E-state index in [4.69, 9.17) is 10.5 Å². The summed E-state index contributed by atoms with van der Waals surface area (Å²) in [5, 5.41) is 6.69. The molecule has 2 aliphatic rings. The molecule has 0 bridgehead atoms. The molecule has 29 heavy (non-hydrogen) atoms. The number of rotatable bonds is 10. The summed E-state index contributed by atoms with van der Waals surface area (Å²) in [4.78, 5) is 7.04. The third kappa shape index (κ3) is 7.79. The summed E-state index contributed by atoms with van der Waals surface area (Å²) < 4.78 is 6.61. The van der Waals surface area contributed by atoms with Crippen LogP contribution < -0.4 is 16.4 Å². The summed E-state index contributed by atoms with van der Waals surface area (Å²) in [6, 6.07) is 0.135. The molecule has 1 saturated carbocycles. The molecular formula is C22H38BrN5O. The van der Waals surface area contributed by atoms with E-state index in [0.717, 1.165) is 36.2 Å². The summed E-state index contributed by atoms with van der Waals surface area (Å²) in [5.41, 5.74) is 7.38. The van der Waals surface area contributed by atoms with Crippen molar-refractivity contribution in [2.24, 2.45) is 22.6 Å². The maximum absolute atomic E-state index is 6.09. The molecule has 2 rings (SSSR count). The average molecular weight is 468 g/mol. The van der Waals surface area contributed by atoms with E-state index in [9.17, 15) is 0 Å². The maximum atomic E-state index is 6.09. The second kappa shape index (κ2) is 12.4. The van der Waals surface area contributed by atoms with Gasteiger partial charge >= 0.3 is 0 Å². The number of aliphatic imine (C=N–C) groups is 1. The summed E-state index contributed by atoms with van der Waals surface area (Å²) in [7, 11) is 1.76. The van der Waals surface area contributed by atoms with Crippen molar-refractivity contribution >= 4 is 21.8 Å². The molecule has 0 aromatic heterocycles. The van der Waals surface area contributed by atoms with Crippen LogP contribution in [0, 0.1) is 11.8 Å². The lowest BCUT2D eigenvalue weighted by molar-refractivity contribution is 0.00479. The second-order valence-electron chi connectivity index (χ2n) is 8.13. The molecule has 0 spiro atoms. The predicted molar refractivity (Wildman–Crippen MR) is 125 cm³/mol. The zero-order valence-corrected chi connectivity index (χ0v) is 19.9. The van der Waals surface area contributed by atoms with E-state index in [2.05, 4.69) is 63.3 Å². The van der Waals surface area contributed by atoms with Gasteiger partial charge in [-0.1, -0.05) is 42.3 Å². The normalized spacial score (nSPS) is 24.3. The first kappa shape index (κ1) is 24.0. The van der Waals surface area contributed by atoms with Crippen molar-refractivity contribution in [3.05, 3.63) is 34.9 Å². The van der Waals surface area contributed by atoms with Crippen molar-refractivity contribution in [3.63, 3.8) is 0 Å². The van der Waals surface area contributed by atoms with Gasteiger partial charge in [0, 0.05) is 73.3 Å². The van der Waals surface area contributed by atoms with Crippen LogP contribution in [0.5, 0.6) is 0 Å². The van der Waals surface area contributed by atoms with Crippen LogP contribution >= 0.6 is 15.9 Å². The van der Waals surface area contributed by atoms with E-state index >= 15 is 0 Å². The topological polar surface area (TPSA) is 74.9 Å². The fraction of sp³-hybridized carbons (Fsp3) is 0.682. The van der Waals surface area contributed by atoms with Gasteiger partial charge in [0.05, 0.1) is 0 Å². The highest BCUT2D eigenvalue weighted by molar-refractivity contribution is 9.11. The lowest BCUT2D eigenvalue weighted by Gasteiger charge is -2.32. The third-order valence-corrected chi connectivity index (χ3v) is 5.87. The first-order chi connectivity index (χ1) is 13.9. The van der Waals surface area contributed by atoms with Crippen molar-refractivity contribution in [2.75, 3.05) is 20.2 Å². The van der Waals surface area contributed by atoms with Crippen molar-refractivity contribution < 1.29 is 4.74 Å².